The second-order valence-corrected chi connectivity index (χ2v) is 2.78. The lowest BCUT2D eigenvalue weighted by Gasteiger charge is -1.93. The van der Waals surface area contributed by atoms with E-state index in [2.05, 4.69) is 0 Å². The van der Waals surface area contributed by atoms with Crippen LogP contribution in [0.25, 0.3) is 0 Å². The Morgan fingerprint density at radius 1 is 0.600 bits per heavy atom. The monoisotopic (exact) mass is 201 g/mol. The normalized spacial score (nSPS) is 9.33. The van der Waals surface area contributed by atoms with Crippen LogP contribution in [0.3, 0.4) is 0 Å². The molecular formula is C10H10BN2O2+2. The molecule has 0 unspecified atom stereocenters. The van der Waals surface area contributed by atoms with Crippen LogP contribution in [-0.2, 0) is 0 Å². The van der Waals surface area contributed by atoms with Crippen molar-refractivity contribution >= 4 is 7.69 Å². The van der Waals surface area contributed by atoms with Crippen molar-refractivity contribution in [3.05, 3.63) is 61.2 Å². The molecule has 0 bridgehead atoms. The Bertz CT molecular complexity index is 357. The minimum Gasteiger partial charge on any atom is -0.285 e. The van der Waals surface area contributed by atoms with E-state index in [1.165, 1.54) is 17.1 Å². The molecule has 1 radical (unpaired) electrons. The zero-order valence-corrected chi connectivity index (χ0v) is 8.06. The summed E-state index contributed by atoms with van der Waals surface area (Å²) >= 11 is 0. The molecule has 0 N–H and O–H groups in total. The van der Waals surface area contributed by atoms with Crippen LogP contribution in [0.1, 0.15) is 0 Å². The highest BCUT2D eigenvalue weighted by molar-refractivity contribution is 6.17. The first kappa shape index (κ1) is 9.52. The highest BCUT2D eigenvalue weighted by Crippen LogP contribution is 1.74. The zero-order chi connectivity index (χ0) is 10.3. The smallest absolute Gasteiger partial charge is 0.285 e. The van der Waals surface area contributed by atoms with Gasteiger partial charge in [-0.05, 0) is 9.46 Å². The van der Waals surface area contributed by atoms with E-state index in [4.69, 9.17) is 9.51 Å². The van der Waals surface area contributed by atoms with Gasteiger partial charge in [0.15, 0.2) is 0 Å². The predicted molar refractivity (Wildman–Crippen MR) is 52.2 cm³/mol. The molecule has 4 nitrogen and oxygen atoms in total. The van der Waals surface area contributed by atoms with Crippen molar-refractivity contribution in [1.82, 2.24) is 0 Å². The van der Waals surface area contributed by atoms with E-state index >= 15 is 0 Å². The van der Waals surface area contributed by atoms with Gasteiger partial charge in [-0.3, -0.25) is 9.51 Å². The average molecular weight is 201 g/mol. The van der Waals surface area contributed by atoms with E-state index < -0.39 is 0 Å². The van der Waals surface area contributed by atoms with Crippen LogP contribution in [0.5, 0.6) is 0 Å². The van der Waals surface area contributed by atoms with Crippen molar-refractivity contribution < 1.29 is 19.0 Å². The fourth-order valence-corrected chi connectivity index (χ4v) is 1.02. The first-order valence-corrected chi connectivity index (χ1v) is 4.54. The minimum absolute atomic E-state index is 1.25. The summed E-state index contributed by atoms with van der Waals surface area (Å²) in [5, 5.41) is 0. The van der Waals surface area contributed by atoms with Gasteiger partial charge in [0, 0.05) is 24.3 Å². The molecule has 5 heteroatoms. The molecule has 15 heavy (non-hydrogen) atoms. The third-order valence-corrected chi connectivity index (χ3v) is 1.71. The summed E-state index contributed by atoms with van der Waals surface area (Å²) < 4.78 is 13.4. The van der Waals surface area contributed by atoms with Gasteiger partial charge >= 0.3 is 7.69 Å². The third kappa shape index (κ3) is 2.98. The van der Waals surface area contributed by atoms with Crippen molar-refractivity contribution in [2.45, 2.75) is 0 Å². The highest BCUT2D eigenvalue weighted by Gasteiger charge is 2.11. The lowest BCUT2D eigenvalue weighted by molar-refractivity contribution is -0.891. The quantitative estimate of drug-likeness (QED) is 0.485. The van der Waals surface area contributed by atoms with Crippen LogP contribution in [0.4, 0.5) is 0 Å². The maximum atomic E-state index is 5.16. The van der Waals surface area contributed by atoms with Gasteiger partial charge in [-0.2, -0.15) is 0 Å². The molecule has 73 valence electrons. The van der Waals surface area contributed by atoms with Gasteiger partial charge in [-0.15, -0.1) is 0 Å². The average Bonchev–Trinajstić information content (AvgIpc) is 2.32. The molecule has 0 amide bonds. The Hall–Kier alpha value is -2.04. The Labute approximate surface area is 88.5 Å². The molecule has 0 aliphatic heterocycles. The van der Waals surface area contributed by atoms with E-state index in [9.17, 15) is 0 Å². The summed E-state index contributed by atoms with van der Waals surface area (Å²) in [7, 11) is 1.25. The van der Waals surface area contributed by atoms with Gasteiger partial charge in [-0.25, -0.2) is 0 Å². The first-order valence-electron chi connectivity index (χ1n) is 4.54. The van der Waals surface area contributed by atoms with Gasteiger partial charge < -0.3 is 0 Å². The molecule has 0 saturated carbocycles. The number of rotatable bonds is 4. The molecule has 0 saturated heterocycles. The second-order valence-electron chi connectivity index (χ2n) is 2.78. The second kappa shape index (κ2) is 5.00. The van der Waals surface area contributed by atoms with Crippen molar-refractivity contribution in [2.75, 3.05) is 0 Å². The summed E-state index contributed by atoms with van der Waals surface area (Å²) in [6.45, 7) is 0. The topological polar surface area (TPSA) is 26.2 Å². The Balaban J connectivity index is 1.81. The summed E-state index contributed by atoms with van der Waals surface area (Å²) in [6.07, 6.45) is 7.09. The van der Waals surface area contributed by atoms with E-state index in [1.807, 2.05) is 36.4 Å². The molecular weight excluding hydrogens is 191 g/mol. The third-order valence-electron chi connectivity index (χ3n) is 1.71. The first-order chi connectivity index (χ1) is 7.45. The predicted octanol–water partition coefficient (Wildman–Crippen LogP) is -0.647. The van der Waals surface area contributed by atoms with Crippen molar-refractivity contribution in [3.8, 4) is 0 Å². The molecule has 2 heterocycles. The summed E-state index contributed by atoms with van der Waals surface area (Å²) in [5.41, 5.74) is 0. The van der Waals surface area contributed by atoms with Gasteiger partial charge in [0.25, 0.3) is 0 Å². The van der Waals surface area contributed by atoms with E-state index in [-0.39, 0.29) is 0 Å². The van der Waals surface area contributed by atoms with Crippen LogP contribution >= 0.6 is 0 Å². The fourth-order valence-electron chi connectivity index (χ4n) is 1.02. The molecule has 0 fully saturated rings. The van der Waals surface area contributed by atoms with Gasteiger partial charge in [0.1, 0.15) is 0 Å². The summed E-state index contributed by atoms with van der Waals surface area (Å²) in [6, 6.07) is 11.3. The SMILES string of the molecule is [B](O[n+]1ccccc1)O[n+]1ccccc1. The Morgan fingerprint density at radius 3 is 1.40 bits per heavy atom. The number of hydrogen-bond donors (Lipinski definition) is 0. The van der Waals surface area contributed by atoms with Gasteiger partial charge in [0.05, 0.1) is 0 Å². The van der Waals surface area contributed by atoms with Crippen LogP contribution < -0.4 is 19.0 Å². The maximum absolute atomic E-state index is 5.16. The molecule has 2 rings (SSSR count). The van der Waals surface area contributed by atoms with Crippen molar-refractivity contribution in [1.29, 1.82) is 0 Å². The summed E-state index contributed by atoms with van der Waals surface area (Å²) in [5.74, 6) is 0. The molecule has 2 aromatic rings. The minimum atomic E-state index is 1.25. The summed E-state index contributed by atoms with van der Waals surface area (Å²) in [4.78, 5) is 0. The van der Waals surface area contributed by atoms with Gasteiger partial charge in [-0.1, -0.05) is 12.1 Å². The Morgan fingerprint density at radius 2 is 1.00 bits per heavy atom. The largest absolute Gasteiger partial charge is 0.810 e. The maximum Gasteiger partial charge on any atom is 0.810 e. The lowest BCUT2D eigenvalue weighted by atomic mass is 10.4. The van der Waals surface area contributed by atoms with Crippen LogP contribution in [0.15, 0.2) is 61.2 Å². The standard InChI is InChI=1S/C10H10BN2O2/c1-3-7-12(8-4-1)14-11-15-13-9-5-2-6-10-13/h1-10H/q+2. The van der Waals surface area contributed by atoms with Crippen LogP contribution in [-0.4, -0.2) is 7.69 Å². The fraction of sp³-hybridized carbons (Fsp3) is 0. The molecule has 2 aromatic heterocycles. The van der Waals surface area contributed by atoms with E-state index in [0.717, 1.165) is 0 Å². The van der Waals surface area contributed by atoms with Crippen molar-refractivity contribution in [2.24, 2.45) is 0 Å². The number of aromatic nitrogens is 2. The van der Waals surface area contributed by atoms with E-state index in [0.29, 0.717) is 0 Å². The molecule has 0 atom stereocenters. The van der Waals surface area contributed by atoms with Crippen LogP contribution in [0.2, 0.25) is 0 Å². The van der Waals surface area contributed by atoms with Crippen molar-refractivity contribution in [3.63, 3.8) is 0 Å². The zero-order valence-electron chi connectivity index (χ0n) is 8.06. The molecule has 0 spiro atoms. The molecule has 0 aliphatic carbocycles. The van der Waals surface area contributed by atoms with Crippen LogP contribution in [0, 0.1) is 0 Å². The molecule has 0 aliphatic rings. The number of hydrogen-bond acceptors (Lipinski definition) is 2. The lowest BCUT2D eigenvalue weighted by Crippen LogP contribution is -2.53. The van der Waals surface area contributed by atoms with Gasteiger partial charge in [0.2, 0.25) is 24.8 Å². The number of pyridine rings is 2. The Kier molecular flexibility index (Phi) is 3.17. The highest BCUT2D eigenvalue weighted by atomic mass is 16.7. The van der Waals surface area contributed by atoms with E-state index in [1.54, 1.807) is 24.8 Å². The molecule has 0 aromatic carbocycles. The number of nitrogens with zero attached hydrogens (tertiary/aromatic N) is 2.